The molecule has 21 heavy (non-hydrogen) atoms. The highest BCUT2D eigenvalue weighted by Crippen LogP contribution is 2.27. The van der Waals surface area contributed by atoms with Crippen molar-refractivity contribution >= 4 is 0 Å². The molecule has 0 aliphatic heterocycles. The maximum atomic E-state index is 14.0. The summed E-state index contributed by atoms with van der Waals surface area (Å²) in [5.74, 6) is -0.0994. The molecule has 3 nitrogen and oxygen atoms in total. The van der Waals surface area contributed by atoms with Crippen LogP contribution >= 0.6 is 0 Å². The fraction of sp³-hybridized carbons (Fsp3) is 0.353. The van der Waals surface area contributed by atoms with Gasteiger partial charge < -0.3 is 10.1 Å². The van der Waals surface area contributed by atoms with Crippen LogP contribution in [0.25, 0.3) is 0 Å². The predicted molar refractivity (Wildman–Crippen MR) is 82.1 cm³/mol. The first-order valence-corrected chi connectivity index (χ1v) is 7.21. The number of hydrogen-bond acceptors (Lipinski definition) is 3. The Morgan fingerprint density at radius 3 is 2.71 bits per heavy atom. The van der Waals surface area contributed by atoms with Crippen LogP contribution < -0.4 is 10.1 Å². The van der Waals surface area contributed by atoms with E-state index < -0.39 is 0 Å². The molecule has 1 aromatic carbocycles. The summed E-state index contributed by atoms with van der Waals surface area (Å²) in [6.07, 6.45) is 2.67. The van der Waals surface area contributed by atoms with E-state index in [1.54, 1.807) is 12.3 Å². The minimum absolute atomic E-state index is 0.119. The third kappa shape index (κ3) is 3.39. The molecule has 4 heteroatoms. The average Bonchev–Trinajstić information content (AvgIpc) is 2.52. The lowest BCUT2D eigenvalue weighted by atomic mass is 9.98. The number of methoxy groups -OCH3 is 1. The van der Waals surface area contributed by atoms with Crippen molar-refractivity contribution in [3.63, 3.8) is 0 Å². The van der Waals surface area contributed by atoms with E-state index in [0.717, 1.165) is 24.2 Å². The number of nitrogens with zero attached hydrogens (tertiary/aromatic N) is 1. The third-order valence-corrected chi connectivity index (χ3v) is 3.50. The highest BCUT2D eigenvalue weighted by atomic mass is 19.1. The van der Waals surface area contributed by atoms with Crippen molar-refractivity contribution < 1.29 is 9.13 Å². The molecule has 1 N–H and O–H groups in total. The van der Waals surface area contributed by atoms with Crippen LogP contribution in [0.15, 0.2) is 36.5 Å². The van der Waals surface area contributed by atoms with Gasteiger partial charge in [0.05, 0.1) is 18.8 Å². The van der Waals surface area contributed by atoms with Crippen molar-refractivity contribution in [1.82, 2.24) is 10.3 Å². The minimum Gasteiger partial charge on any atom is -0.494 e. The molecule has 112 valence electrons. The van der Waals surface area contributed by atoms with Gasteiger partial charge in [0.15, 0.2) is 11.6 Å². The van der Waals surface area contributed by atoms with Crippen molar-refractivity contribution in [2.45, 2.75) is 26.3 Å². The molecule has 2 rings (SSSR count). The first-order valence-electron chi connectivity index (χ1n) is 7.21. The van der Waals surface area contributed by atoms with Crippen LogP contribution in [0.2, 0.25) is 0 Å². The van der Waals surface area contributed by atoms with E-state index in [0.29, 0.717) is 0 Å². The van der Waals surface area contributed by atoms with Crippen molar-refractivity contribution in [3.05, 3.63) is 59.2 Å². The zero-order valence-corrected chi connectivity index (χ0v) is 12.7. The molecule has 2 aromatic rings. The fourth-order valence-corrected chi connectivity index (χ4v) is 2.45. The minimum atomic E-state index is -0.355. The zero-order valence-electron chi connectivity index (χ0n) is 12.7. The van der Waals surface area contributed by atoms with Gasteiger partial charge in [0.1, 0.15) is 0 Å². The number of hydrogen-bond donors (Lipinski definition) is 1. The van der Waals surface area contributed by atoms with Crippen molar-refractivity contribution in [3.8, 4) is 5.75 Å². The van der Waals surface area contributed by atoms with Gasteiger partial charge in [0.25, 0.3) is 0 Å². The van der Waals surface area contributed by atoms with Crippen LogP contribution in [0.4, 0.5) is 4.39 Å². The molecule has 0 aliphatic rings. The molecule has 0 saturated heterocycles. The summed E-state index contributed by atoms with van der Waals surface area (Å²) in [6.45, 7) is 4.90. The summed E-state index contributed by atoms with van der Waals surface area (Å²) < 4.78 is 19.0. The second kappa shape index (κ2) is 7.18. The number of aryl methyl sites for hydroxylation is 1. The zero-order chi connectivity index (χ0) is 15.2. The maximum absolute atomic E-state index is 14.0. The Labute approximate surface area is 125 Å². The summed E-state index contributed by atoms with van der Waals surface area (Å²) in [6, 6.07) is 8.92. The van der Waals surface area contributed by atoms with Gasteiger partial charge in [0, 0.05) is 6.20 Å². The van der Waals surface area contributed by atoms with Crippen LogP contribution in [-0.4, -0.2) is 18.6 Å². The molecule has 1 unspecified atom stereocenters. The van der Waals surface area contributed by atoms with Crippen molar-refractivity contribution in [2.75, 3.05) is 13.7 Å². The predicted octanol–water partition coefficient (Wildman–Crippen LogP) is 3.49. The Hall–Kier alpha value is -1.94. The Morgan fingerprint density at radius 1 is 1.29 bits per heavy atom. The molecule has 0 radical (unpaired) electrons. The highest BCUT2D eigenvalue weighted by Gasteiger charge is 2.18. The Morgan fingerprint density at radius 2 is 2.10 bits per heavy atom. The van der Waals surface area contributed by atoms with E-state index in [4.69, 9.17) is 4.74 Å². The van der Waals surface area contributed by atoms with Crippen LogP contribution in [-0.2, 0) is 6.42 Å². The second-order valence-electron chi connectivity index (χ2n) is 4.79. The smallest absolute Gasteiger partial charge is 0.165 e. The second-order valence-corrected chi connectivity index (χ2v) is 4.79. The van der Waals surface area contributed by atoms with Gasteiger partial charge in [-0.05, 0) is 42.3 Å². The number of aromatic nitrogens is 1. The number of nitrogens with one attached hydrogen (secondary N) is 1. The molecule has 0 bridgehead atoms. The maximum Gasteiger partial charge on any atom is 0.165 e. The van der Waals surface area contributed by atoms with Gasteiger partial charge in [-0.25, -0.2) is 4.39 Å². The van der Waals surface area contributed by atoms with Crippen LogP contribution in [0, 0.1) is 5.82 Å². The van der Waals surface area contributed by atoms with Gasteiger partial charge in [0.2, 0.25) is 0 Å². The van der Waals surface area contributed by atoms with E-state index in [-0.39, 0.29) is 17.6 Å². The van der Waals surface area contributed by atoms with Crippen molar-refractivity contribution in [2.24, 2.45) is 0 Å². The summed E-state index contributed by atoms with van der Waals surface area (Å²) in [5.41, 5.74) is 2.97. The number of halogens is 1. The lowest BCUT2D eigenvalue weighted by Crippen LogP contribution is -2.24. The van der Waals surface area contributed by atoms with Crippen LogP contribution in [0.5, 0.6) is 5.75 Å². The average molecular weight is 288 g/mol. The molecule has 0 aliphatic carbocycles. The quantitative estimate of drug-likeness (QED) is 0.883. The molecular formula is C17H21FN2O. The van der Waals surface area contributed by atoms with Gasteiger partial charge >= 0.3 is 0 Å². The standard InChI is InChI=1S/C17H21FN2O/c1-4-12-7-6-10-20-16(12)17(19-5-2)13-8-9-15(21-3)14(18)11-13/h6-11,17,19H,4-5H2,1-3H3. The highest BCUT2D eigenvalue weighted by molar-refractivity contribution is 5.37. The van der Waals surface area contributed by atoms with E-state index >= 15 is 0 Å². The molecule has 1 heterocycles. The summed E-state index contributed by atoms with van der Waals surface area (Å²) in [5, 5.41) is 3.38. The van der Waals surface area contributed by atoms with Crippen LogP contribution in [0.3, 0.4) is 0 Å². The molecule has 0 fully saturated rings. The fourth-order valence-electron chi connectivity index (χ4n) is 2.45. The molecule has 0 amide bonds. The molecule has 1 aromatic heterocycles. The number of benzene rings is 1. The normalized spacial score (nSPS) is 12.2. The molecular weight excluding hydrogens is 267 g/mol. The van der Waals surface area contributed by atoms with E-state index in [1.807, 2.05) is 19.1 Å². The van der Waals surface area contributed by atoms with Crippen molar-refractivity contribution in [1.29, 1.82) is 0 Å². The molecule has 1 atom stereocenters. The Kier molecular flexibility index (Phi) is 5.28. The molecule has 0 saturated carbocycles. The first-order chi connectivity index (χ1) is 10.2. The summed E-state index contributed by atoms with van der Waals surface area (Å²) in [4.78, 5) is 4.50. The van der Waals surface area contributed by atoms with Gasteiger partial charge in [-0.15, -0.1) is 0 Å². The number of rotatable bonds is 6. The van der Waals surface area contributed by atoms with Gasteiger partial charge in [-0.1, -0.05) is 26.0 Å². The molecule has 0 spiro atoms. The van der Waals surface area contributed by atoms with E-state index in [9.17, 15) is 4.39 Å². The summed E-state index contributed by atoms with van der Waals surface area (Å²) >= 11 is 0. The van der Waals surface area contributed by atoms with Crippen LogP contribution in [0.1, 0.15) is 36.7 Å². The number of pyridine rings is 1. The lowest BCUT2D eigenvalue weighted by molar-refractivity contribution is 0.385. The van der Waals surface area contributed by atoms with Gasteiger partial charge in [-0.3, -0.25) is 4.98 Å². The topological polar surface area (TPSA) is 34.1 Å². The monoisotopic (exact) mass is 288 g/mol. The van der Waals surface area contributed by atoms with Gasteiger partial charge in [-0.2, -0.15) is 0 Å². The SMILES string of the molecule is CCNC(c1ccc(OC)c(F)c1)c1ncccc1CC. The third-order valence-electron chi connectivity index (χ3n) is 3.50. The Balaban J connectivity index is 2.45. The number of ether oxygens (including phenoxy) is 1. The summed E-state index contributed by atoms with van der Waals surface area (Å²) in [7, 11) is 1.47. The van der Waals surface area contributed by atoms with E-state index in [2.05, 4.69) is 23.3 Å². The largest absolute Gasteiger partial charge is 0.494 e. The Bertz CT molecular complexity index is 601. The first kappa shape index (κ1) is 15.4. The van der Waals surface area contributed by atoms with E-state index in [1.165, 1.54) is 18.7 Å². The lowest BCUT2D eigenvalue weighted by Gasteiger charge is -2.21.